The summed E-state index contributed by atoms with van der Waals surface area (Å²) in [5.74, 6) is 2.35. The van der Waals surface area contributed by atoms with Gasteiger partial charge in [0.1, 0.15) is 0 Å². The zero-order chi connectivity index (χ0) is 13.9. The van der Waals surface area contributed by atoms with Crippen molar-refractivity contribution in [1.29, 1.82) is 0 Å². The first-order valence-corrected chi connectivity index (χ1v) is 7.08. The van der Waals surface area contributed by atoms with Crippen molar-refractivity contribution in [3.05, 3.63) is 24.3 Å². The molecule has 0 saturated carbocycles. The molecule has 1 aliphatic rings. The van der Waals surface area contributed by atoms with E-state index in [1.165, 1.54) is 12.8 Å². The van der Waals surface area contributed by atoms with Gasteiger partial charge in [-0.1, -0.05) is 12.1 Å². The number of piperidine rings is 1. The van der Waals surface area contributed by atoms with Crippen molar-refractivity contribution in [2.45, 2.75) is 32.4 Å². The summed E-state index contributed by atoms with van der Waals surface area (Å²) in [7, 11) is 0. The molecule has 2 aromatic heterocycles. The van der Waals surface area contributed by atoms with Crippen LogP contribution in [-0.2, 0) is 6.54 Å². The number of hydrogen-bond acceptors (Lipinski definition) is 6. The lowest BCUT2D eigenvalue weighted by molar-refractivity contribution is 0.0874. The summed E-state index contributed by atoms with van der Waals surface area (Å²) in [5.41, 5.74) is 5.90. The van der Waals surface area contributed by atoms with Gasteiger partial charge in [0.05, 0.1) is 12.8 Å². The number of furan rings is 1. The van der Waals surface area contributed by atoms with Crippen molar-refractivity contribution in [2.24, 2.45) is 11.7 Å². The third kappa shape index (κ3) is 2.62. The van der Waals surface area contributed by atoms with Gasteiger partial charge in [-0.15, -0.1) is 0 Å². The molecule has 1 fully saturated rings. The lowest BCUT2D eigenvalue weighted by Crippen LogP contribution is -2.48. The van der Waals surface area contributed by atoms with Crippen molar-refractivity contribution in [2.75, 3.05) is 13.1 Å². The Labute approximate surface area is 117 Å². The van der Waals surface area contributed by atoms with Crippen LogP contribution >= 0.6 is 0 Å². The van der Waals surface area contributed by atoms with Gasteiger partial charge in [0.15, 0.2) is 5.76 Å². The van der Waals surface area contributed by atoms with Crippen LogP contribution < -0.4 is 5.73 Å². The maximum absolute atomic E-state index is 5.90. The van der Waals surface area contributed by atoms with Crippen molar-refractivity contribution in [3.8, 4) is 11.6 Å². The van der Waals surface area contributed by atoms with E-state index in [0.717, 1.165) is 6.54 Å². The van der Waals surface area contributed by atoms with Gasteiger partial charge >= 0.3 is 0 Å². The maximum Gasteiger partial charge on any atom is 0.241 e. The Bertz CT molecular complexity index is 537. The van der Waals surface area contributed by atoms with Gasteiger partial charge in [0, 0.05) is 12.6 Å². The van der Waals surface area contributed by atoms with Gasteiger partial charge < -0.3 is 14.7 Å². The van der Waals surface area contributed by atoms with E-state index >= 15 is 0 Å². The molecule has 3 rings (SSSR count). The molecule has 2 unspecified atom stereocenters. The summed E-state index contributed by atoms with van der Waals surface area (Å²) in [6, 6.07) is 4.02. The second kappa shape index (κ2) is 5.76. The van der Waals surface area contributed by atoms with Crippen LogP contribution in [0.2, 0.25) is 0 Å². The third-order valence-electron chi connectivity index (χ3n) is 4.02. The van der Waals surface area contributed by atoms with E-state index in [4.69, 9.17) is 14.7 Å². The molecule has 6 nitrogen and oxygen atoms in total. The van der Waals surface area contributed by atoms with Crippen molar-refractivity contribution < 1.29 is 8.94 Å². The molecule has 0 aromatic carbocycles. The highest BCUT2D eigenvalue weighted by Gasteiger charge is 2.28. The fourth-order valence-corrected chi connectivity index (χ4v) is 2.91. The number of aromatic nitrogens is 2. The molecule has 2 N–H and O–H groups in total. The summed E-state index contributed by atoms with van der Waals surface area (Å²) >= 11 is 0. The van der Waals surface area contributed by atoms with Crippen molar-refractivity contribution >= 4 is 0 Å². The summed E-state index contributed by atoms with van der Waals surface area (Å²) in [4.78, 5) is 6.73. The predicted octanol–water partition coefficient (Wildman–Crippen LogP) is 1.89. The van der Waals surface area contributed by atoms with E-state index in [9.17, 15) is 0 Å². The number of nitrogens with zero attached hydrogens (tertiary/aromatic N) is 3. The van der Waals surface area contributed by atoms with E-state index in [0.29, 0.717) is 42.5 Å². The molecule has 2 aromatic rings. The zero-order valence-corrected chi connectivity index (χ0v) is 11.7. The molecule has 20 heavy (non-hydrogen) atoms. The zero-order valence-electron chi connectivity index (χ0n) is 11.7. The van der Waals surface area contributed by atoms with Crippen molar-refractivity contribution in [3.63, 3.8) is 0 Å². The van der Waals surface area contributed by atoms with Crippen LogP contribution in [0, 0.1) is 5.92 Å². The average Bonchev–Trinajstić information content (AvgIpc) is 3.09. The normalized spacial score (nSPS) is 24.1. The van der Waals surface area contributed by atoms with Gasteiger partial charge in [0.2, 0.25) is 11.7 Å². The Hall–Kier alpha value is -1.66. The SMILES string of the molecule is CC1CCCN(Cc2nc(-c3ccco3)no2)C1CN. The molecule has 0 bridgehead atoms. The van der Waals surface area contributed by atoms with E-state index < -0.39 is 0 Å². The fraction of sp³-hybridized carbons (Fsp3) is 0.571. The minimum atomic E-state index is 0.391. The Kier molecular flexibility index (Phi) is 3.84. The minimum Gasteiger partial charge on any atom is -0.461 e. The molecule has 0 radical (unpaired) electrons. The van der Waals surface area contributed by atoms with Crippen LogP contribution in [0.1, 0.15) is 25.7 Å². The lowest BCUT2D eigenvalue weighted by Gasteiger charge is -2.38. The predicted molar refractivity (Wildman–Crippen MR) is 73.7 cm³/mol. The van der Waals surface area contributed by atoms with Crippen LogP contribution in [0.3, 0.4) is 0 Å². The van der Waals surface area contributed by atoms with Gasteiger partial charge in [-0.25, -0.2) is 0 Å². The monoisotopic (exact) mass is 276 g/mol. The summed E-state index contributed by atoms with van der Waals surface area (Å²) in [5, 5.41) is 3.96. The molecule has 0 spiro atoms. The van der Waals surface area contributed by atoms with Gasteiger partial charge in [-0.2, -0.15) is 4.98 Å². The van der Waals surface area contributed by atoms with E-state index in [-0.39, 0.29) is 0 Å². The van der Waals surface area contributed by atoms with Crippen LogP contribution in [0.5, 0.6) is 0 Å². The van der Waals surface area contributed by atoms with Crippen molar-refractivity contribution in [1.82, 2.24) is 15.0 Å². The molecule has 6 heteroatoms. The molecule has 2 atom stereocenters. The van der Waals surface area contributed by atoms with E-state index in [1.54, 1.807) is 6.26 Å². The van der Waals surface area contributed by atoms with Gasteiger partial charge in [-0.3, -0.25) is 4.90 Å². The van der Waals surface area contributed by atoms with Crippen LogP contribution in [-0.4, -0.2) is 34.2 Å². The number of nitrogens with two attached hydrogens (primary N) is 1. The Morgan fingerprint density at radius 3 is 3.15 bits per heavy atom. The standard InChI is InChI=1S/C14H20N4O2/c1-10-4-2-6-18(11(10)8-15)9-13-16-14(17-20-13)12-5-3-7-19-12/h3,5,7,10-11H,2,4,6,8-9,15H2,1H3. The Balaban J connectivity index is 1.71. The number of rotatable bonds is 4. The summed E-state index contributed by atoms with van der Waals surface area (Å²) in [6.07, 6.45) is 4.03. The molecule has 1 saturated heterocycles. The summed E-state index contributed by atoms with van der Waals surface area (Å²) in [6.45, 7) is 4.61. The topological polar surface area (TPSA) is 81.3 Å². The molecule has 1 aliphatic heterocycles. The molecule has 108 valence electrons. The minimum absolute atomic E-state index is 0.391. The quantitative estimate of drug-likeness (QED) is 0.918. The molecular weight excluding hydrogens is 256 g/mol. The highest BCUT2D eigenvalue weighted by atomic mass is 16.5. The van der Waals surface area contributed by atoms with E-state index in [1.807, 2.05) is 12.1 Å². The maximum atomic E-state index is 5.90. The van der Waals surface area contributed by atoms with Gasteiger partial charge in [-0.05, 0) is 37.4 Å². The van der Waals surface area contributed by atoms with Crippen LogP contribution in [0.25, 0.3) is 11.6 Å². The largest absolute Gasteiger partial charge is 0.461 e. The molecule has 3 heterocycles. The first kappa shape index (κ1) is 13.3. The molecule has 0 aliphatic carbocycles. The first-order valence-electron chi connectivity index (χ1n) is 7.08. The number of likely N-dealkylation sites (tertiary alicyclic amines) is 1. The number of hydrogen-bond donors (Lipinski definition) is 1. The smallest absolute Gasteiger partial charge is 0.241 e. The highest BCUT2D eigenvalue weighted by Crippen LogP contribution is 2.24. The van der Waals surface area contributed by atoms with Crippen LogP contribution in [0.15, 0.2) is 27.3 Å². The van der Waals surface area contributed by atoms with Gasteiger partial charge in [0.25, 0.3) is 0 Å². The second-order valence-electron chi connectivity index (χ2n) is 5.38. The molecular formula is C14H20N4O2. The average molecular weight is 276 g/mol. The molecule has 0 amide bonds. The van der Waals surface area contributed by atoms with Crippen LogP contribution in [0.4, 0.5) is 0 Å². The summed E-state index contributed by atoms with van der Waals surface area (Å²) < 4.78 is 10.6. The third-order valence-corrected chi connectivity index (χ3v) is 4.02. The lowest BCUT2D eigenvalue weighted by atomic mass is 9.91. The fourth-order valence-electron chi connectivity index (χ4n) is 2.91. The van der Waals surface area contributed by atoms with E-state index in [2.05, 4.69) is 22.0 Å². The Morgan fingerprint density at radius 2 is 2.40 bits per heavy atom. The second-order valence-corrected chi connectivity index (χ2v) is 5.38. The Morgan fingerprint density at radius 1 is 1.50 bits per heavy atom. The highest BCUT2D eigenvalue weighted by molar-refractivity contribution is 5.44. The first-order chi connectivity index (χ1) is 9.78.